The second-order valence-corrected chi connectivity index (χ2v) is 8.63. The van der Waals surface area contributed by atoms with Crippen LogP contribution in [0, 0.1) is 5.41 Å². The van der Waals surface area contributed by atoms with Crippen LogP contribution >= 0.6 is 15.9 Å². The standard InChI is InChI=1S/C17H28BrN5O2/c1-17(2,3)13(15(25)21(4)5)20-14(24)12-11-10-22(6)8-7-9-23(11)16(18)19-12/h13H,7-10H2,1-6H3,(H,20,24). The van der Waals surface area contributed by atoms with Gasteiger partial charge in [0.15, 0.2) is 10.4 Å². The molecule has 0 spiro atoms. The Morgan fingerprint density at radius 3 is 2.48 bits per heavy atom. The first-order chi connectivity index (χ1) is 11.5. The van der Waals surface area contributed by atoms with Crippen LogP contribution in [0.4, 0.5) is 0 Å². The first kappa shape index (κ1) is 19.9. The molecule has 2 heterocycles. The molecule has 0 saturated carbocycles. The Morgan fingerprint density at radius 2 is 1.92 bits per heavy atom. The number of hydrogen-bond donors (Lipinski definition) is 1. The highest BCUT2D eigenvalue weighted by atomic mass is 79.9. The number of likely N-dealkylation sites (N-methyl/N-ethyl adjacent to an activating group) is 1. The van der Waals surface area contributed by atoms with Crippen LogP contribution in [0.2, 0.25) is 0 Å². The monoisotopic (exact) mass is 413 g/mol. The van der Waals surface area contributed by atoms with Gasteiger partial charge in [0.25, 0.3) is 5.91 Å². The predicted molar refractivity (Wildman–Crippen MR) is 100 cm³/mol. The number of carbonyl (C=O) groups is 2. The summed E-state index contributed by atoms with van der Waals surface area (Å²) >= 11 is 3.46. The number of nitrogens with one attached hydrogen (secondary N) is 1. The lowest BCUT2D eigenvalue weighted by atomic mass is 9.85. The molecule has 140 valence electrons. The largest absolute Gasteiger partial charge is 0.347 e. The number of halogens is 1. The lowest BCUT2D eigenvalue weighted by Crippen LogP contribution is -2.53. The predicted octanol–water partition coefficient (Wildman–Crippen LogP) is 1.71. The van der Waals surface area contributed by atoms with E-state index in [0.717, 1.165) is 25.2 Å². The number of rotatable bonds is 3. The molecule has 0 aliphatic carbocycles. The third kappa shape index (κ3) is 4.41. The summed E-state index contributed by atoms with van der Waals surface area (Å²) < 4.78 is 2.70. The fourth-order valence-corrected chi connectivity index (χ4v) is 3.53. The molecular weight excluding hydrogens is 386 g/mol. The number of amides is 2. The lowest BCUT2D eigenvalue weighted by molar-refractivity contribution is -0.133. The summed E-state index contributed by atoms with van der Waals surface area (Å²) in [5.74, 6) is -0.429. The van der Waals surface area contributed by atoms with Crippen LogP contribution in [-0.4, -0.2) is 64.9 Å². The van der Waals surface area contributed by atoms with E-state index in [0.29, 0.717) is 17.0 Å². The normalized spacial score (nSPS) is 16.8. The summed E-state index contributed by atoms with van der Waals surface area (Å²) in [6.45, 7) is 8.27. The van der Waals surface area contributed by atoms with Gasteiger partial charge in [-0.3, -0.25) is 9.59 Å². The molecule has 0 radical (unpaired) electrons. The maximum absolute atomic E-state index is 12.9. The molecule has 8 heteroatoms. The Labute approximate surface area is 157 Å². The van der Waals surface area contributed by atoms with Crippen molar-refractivity contribution in [2.45, 2.75) is 46.3 Å². The van der Waals surface area contributed by atoms with Gasteiger partial charge in [-0.15, -0.1) is 0 Å². The van der Waals surface area contributed by atoms with Crippen LogP contribution in [-0.2, 0) is 17.9 Å². The molecule has 1 aliphatic rings. The minimum Gasteiger partial charge on any atom is -0.347 e. The Bertz CT molecular complexity index is 663. The van der Waals surface area contributed by atoms with Gasteiger partial charge in [-0.1, -0.05) is 20.8 Å². The van der Waals surface area contributed by atoms with Crippen LogP contribution in [0.25, 0.3) is 0 Å². The number of nitrogens with zero attached hydrogens (tertiary/aromatic N) is 4. The summed E-state index contributed by atoms with van der Waals surface area (Å²) in [4.78, 5) is 33.6. The van der Waals surface area contributed by atoms with Crippen LogP contribution in [0.3, 0.4) is 0 Å². The Hall–Kier alpha value is -1.41. The van der Waals surface area contributed by atoms with E-state index in [2.05, 4.69) is 31.1 Å². The SMILES string of the molecule is CN1CCCn2c(Br)nc(C(=O)NC(C(=O)N(C)C)C(C)(C)C)c2C1. The van der Waals surface area contributed by atoms with E-state index in [-0.39, 0.29) is 11.8 Å². The molecule has 0 saturated heterocycles. The highest BCUT2D eigenvalue weighted by molar-refractivity contribution is 9.10. The fourth-order valence-electron chi connectivity index (χ4n) is 2.97. The van der Waals surface area contributed by atoms with Crippen molar-refractivity contribution in [3.8, 4) is 0 Å². The van der Waals surface area contributed by atoms with Gasteiger partial charge in [-0.05, 0) is 41.4 Å². The fraction of sp³-hybridized carbons (Fsp3) is 0.706. The second kappa shape index (κ2) is 7.45. The van der Waals surface area contributed by atoms with E-state index in [1.54, 1.807) is 14.1 Å². The van der Waals surface area contributed by atoms with E-state index in [1.807, 2.05) is 32.4 Å². The zero-order valence-corrected chi connectivity index (χ0v) is 17.5. The van der Waals surface area contributed by atoms with Crippen molar-refractivity contribution in [2.75, 3.05) is 27.7 Å². The van der Waals surface area contributed by atoms with Crippen molar-refractivity contribution < 1.29 is 9.59 Å². The number of imidazole rings is 1. The zero-order chi connectivity index (χ0) is 18.9. The third-order valence-corrected chi connectivity index (χ3v) is 5.02. The van der Waals surface area contributed by atoms with Crippen molar-refractivity contribution in [3.05, 3.63) is 16.1 Å². The average molecular weight is 414 g/mol. The molecule has 25 heavy (non-hydrogen) atoms. The molecule has 1 aliphatic heterocycles. The van der Waals surface area contributed by atoms with Gasteiger partial charge >= 0.3 is 0 Å². The van der Waals surface area contributed by atoms with Crippen LogP contribution in [0.5, 0.6) is 0 Å². The van der Waals surface area contributed by atoms with Crippen LogP contribution in [0.15, 0.2) is 4.73 Å². The first-order valence-corrected chi connectivity index (χ1v) is 9.27. The molecule has 2 rings (SSSR count). The number of aromatic nitrogens is 2. The van der Waals surface area contributed by atoms with Gasteiger partial charge < -0.3 is 19.7 Å². The summed E-state index contributed by atoms with van der Waals surface area (Å²) in [7, 11) is 5.43. The number of fused-ring (bicyclic) bond motifs is 1. The number of carbonyl (C=O) groups excluding carboxylic acids is 2. The first-order valence-electron chi connectivity index (χ1n) is 8.48. The quantitative estimate of drug-likeness (QED) is 0.818. The topological polar surface area (TPSA) is 70.5 Å². The molecule has 1 aromatic heterocycles. The molecule has 1 atom stereocenters. The van der Waals surface area contributed by atoms with Crippen LogP contribution in [0.1, 0.15) is 43.4 Å². The Balaban J connectivity index is 2.33. The average Bonchev–Trinajstić information content (AvgIpc) is 2.67. The molecule has 7 nitrogen and oxygen atoms in total. The molecule has 0 fully saturated rings. The molecule has 2 amide bonds. The molecule has 1 N–H and O–H groups in total. The van der Waals surface area contributed by atoms with Gasteiger partial charge in [0.2, 0.25) is 5.91 Å². The van der Waals surface area contributed by atoms with Gasteiger partial charge in [-0.25, -0.2) is 4.98 Å². The van der Waals surface area contributed by atoms with E-state index < -0.39 is 11.5 Å². The Kier molecular flexibility index (Phi) is 5.93. The molecule has 0 bridgehead atoms. The molecular formula is C17H28BrN5O2. The van der Waals surface area contributed by atoms with E-state index >= 15 is 0 Å². The van der Waals surface area contributed by atoms with Gasteiger partial charge in [0, 0.05) is 27.2 Å². The molecule has 0 aromatic carbocycles. The third-order valence-electron chi connectivity index (χ3n) is 4.41. The van der Waals surface area contributed by atoms with E-state index in [1.165, 1.54) is 4.90 Å². The van der Waals surface area contributed by atoms with Gasteiger partial charge in [0.1, 0.15) is 6.04 Å². The van der Waals surface area contributed by atoms with E-state index in [9.17, 15) is 9.59 Å². The second-order valence-electron chi connectivity index (χ2n) is 7.92. The van der Waals surface area contributed by atoms with Crippen molar-refractivity contribution in [2.24, 2.45) is 5.41 Å². The number of hydrogen-bond acceptors (Lipinski definition) is 4. The van der Waals surface area contributed by atoms with Gasteiger partial charge in [0.05, 0.1) is 5.69 Å². The minimum absolute atomic E-state index is 0.123. The van der Waals surface area contributed by atoms with E-state index in [4.69, 9.17) is 0 Å². The molecule has 1 aromatic rings. The summed E-state index contributed by atoms with van der Waals surface area (Å²) in [6.07, 6.45) is 1.00. The lowest BCUT2D eigenvalue weighted by Gasteiger charge is -2.32. The van der Waals surface area contributed by atoms with Crippen molar-refractivity contribution >= 4 is 27.7 Å². The maximum atomic E-state index is 12.9. The van der Waals surface area contributed by atoms with Crippen molar-refractivity contribution in [1.29, 1.82) is 0 Å². The Morgan fingerprint density at radius 1 is 1.28 bits per heavy atom. The maximum Gasteiger partial charge on any atom is 0.272 e. The minimum atomic E-state index is -0.616. The summed E-state index contributed by atoms with van der Waals surface area (Å²) in [6, 6.07) is -0.616. The summed E-state index contributed by atoms with van der Waals surface area (Å²) in [5, 5.41) is 2.91. The highest BCUT2D eigenvalue weighted by Crippen LogP contribution is 2.24. The smallest absolute Gasteiger partial charge is 0.272 e. The molecule has 1 unspecified atom stereocenters. The van der Waals surface area contributed by atoms with Crippen molar-refractivity contribution in [1.82, 2.24) is 24.7 Å². The van der Waals surface area contributed by atoms with Crippen molar-refractivity contribution in [3.63, 3.8) is 0 Å². The summed E-state index contributed by atoms with van der Waals surface area (Å²) in [5.41, 5.74) is 0.873. The van der Waals surface area contributed by atoms with Gasteiger partial charge in [-0.2, -0.15) is 0 Å². The highest BCUT2D eigenvalue weighted by Gasteiger charge is 2.35. The van der Waals surface area contributed by atoms with Crippen LogP contribution < -0.4 is 5.32 Å². The zero-order valence-electron chi connectivity index (χ0n) is 15.9.